The van der Waals surface area contributed by atoms with Crippen LogP contribution >= 0.6 is 0 Å². The summed E-state index contributed by atoms with van der Waals surface area (Å²) >= 11 is 0. The average molecular weight is 212 g/mol. The third-order valence-electron chi connectivity index (χ3n) is 3.54. The third kappa shape index (κ3) is 3.82. The number of nitrogens with two attached hydrogens (primary N) is 1. The van der Waals surface area contributed by atoms with Gasteiger partial charge in [-0.25, -0.2) is 0 Å². The molecule has 1 aliphatic rings. The second-order valence-corrected chi connectivity index (χ2v) is 4.76. The standard InChI is InChI=1S/C12H24N2O/c1-3-10(13)7-8-14-12(15)11-6-4-5-9(11)2/h9-11H,3-8,13H2,1-2H3,(H,14,15). The van der Waals surface area contributed by atoms with E-state index in [1.807, 2.05) is 0 Å². The van der Waals surface area contributed by atoms with E-state index in [0.717, 1.165) is 25.8 Å². The molecule has 0 radical (unpaired) electrons. The second kappa shape index (κ2) is 6.11. The lowest BCUT2D eigenvalue weighted by Gasteiger charge is -2.16. The van der Waals surface area contributed by atoms with Gasteiger partial charge < -0.3 is 11.1 Å². The van der Waals surface area contributed by atoms with Gasteiger partial charge in [-0.2, -0.15) is 0 Å². The van der Waals surface area contributed by atoms with Gasteiger partial charge in [-0.15, -0.1) is 0 Å². The summed E-state index contributed by atoms with van der Waals surface area (Å²) < 4.78 is 0. The minimum atomic E-state index is 0.228. The van der Waals surface area contributed by atoms with E-state index in [9.17, 15) is 4.79 Å². The first kappa shape index (κ1) is 12.5. The number of carbonyl (C=O) groups excluding carboxylic acids is 1. The Balaban J connectivity index is 2.18. The third-order valence-corrected chi connectivity index (χ3v) is 3.54. The van der Waals surface area contributed by atoms with Gasteiger partial charge in [-0.05, 0) is 31.6 Å². The van der Waals surface area contributed by atoms with Gasteiger partial charge in [-0.1, -0.05) is 20.3 Å². The summed E-state index contributed by atoms with van der Waals surface area (Å²) in [5.41, 5.74) is 5.79. The molecule has 0 aromatic carbocycles. The highest BCUT2D eigenvalue weighted by molar-refractivity contribution is 5.79. The summed E-state index contributed by atoms with van der Waals surface area (Å²) in [5, 5.41) is 3.00. The first-order chi connectivity index (χ1) is 7.15. The zero-order valence-electron chi connectivity index (χ0n) is 9.96. The summed E-state index contributed by atoms with van der Waals surface area (Å²) in [6, 6.07) is 0.228. The maximum absolute atomic E-state index is 11.8. The van der Waals surface area contributed by atoms with E-state index in [2.05, 4.69) is 19.2 Å². The van der Waals surface area contributed by atoms with E-state index < -0.39 is 0 Å². The highest BCUT2D eigenvalue weighted by Crippen LogP contribution is 2.30. The molecule has 1 amide bonds. The molecule has 0 heterocycles. The summed E-state index contributed by atoms with van der Waals surface area (Å²) in [6.07, 6.45) is 5.34. The SMILES string of the molecule is CCC(N)CCNC(=O)C1CCCC1C. The molecule has 3 N–H and O–H groups in total. The molecule has 1 saturated carbocycles. The number of hydrogen-bond donors (Lipinski definition) is 2. The Morgan fingerprint density at radius 3 is 2.80 bits per heavy atom. The van der Waals surface area contributed by atoms with Crippen molar-refractivity contribution in [1.29, 1.82) is 0 Å². The van der Waals surface area contributed by atoms with Gasteiger partial charge in [0.25, 0.3) is 0 Å². The van der Waals surface area contributed by atoms with Crippen molar-refractivity contribution >= 4 is 5.91 Å². The van der Waals surface area contributed by atoms with Crippen LogP contribution in [0.5, 0.6) is 0 Å². The molecule has 3 unspecified atom stereocenters. The van der Waals surface area contributed by atoms with E-state index in [1.165, 1.54) is 12.8 Å². The van der Waals surface area contributed by atoms with Gasteiger partial charge in [0.15, 0.2) is 0 Å². The molecule has 1 rings (SSSR count). The quantitative estimate of drug-likeness (QED) is 0.728. The summed E-state index contributed by atoms with van der Waals surface area (Å²) in [7, 11) is 0. The highest BCUT2D eigenvalue weighted by Gasteiger charge is 2.29. The van der Waals surface area contributed by atoms with Crippen LogP contribution in [0.3, 0.4) is 0 Å². The molecule has 0 spiro atoms. The van der Waals surface area contributed by atoms with Gasteiger partial charge in [0, 0.05) is 18.5 Å². The fraction of sp³-hybridized carbons (Fsp3) is 0.917. The van der Waals surface area contributed by atoms with Crippen LogP contribution in [0, 0.1) is 11.8 Å². The summed E-state index contributed by atoms with van der Waals surface area (Å²) in [4.78, 5) is 11.8. The number of rotatable bonds is 5. The molecule has 15 heavy (non-hydrogen) atoms. The fourth-order valence-corrected chi connectivity index (χ4v) is 2.25. The molecular formula is C12H24N2O. The average Bonchev–Trinajstić information content (AvgIpc) is 2.64. The smallest absolute Gasteiger partial charge is 0.223 e. The van der Waals surface area contributed by atoms with Crippen molar-refractivity contribution in [2.24, 2.45) is 17.6 Å². The molecule has 0 aromatic rings. The van der Waals surface area contributed by atoms with Crippen molar-refractivity contribution in [3.8, 4) is 0 Å². The van der Waals surface area contributed by atoms with E-state index in [-0.39, 0.29) is 17.9 Å². The van der Waals surface area contributed by atoms with Crippen molar-refractivity contribution in [3.05, 3.63) is 0 Å². The Hall–Kier alpha value is -0.570. The summed E-state index contributed by atoms with van der Waals surface area (Å²) in [6.45, 7) is 4.98. The minimum absolute atomic E-state index is 0.228. The van der Waals surface area contributed by atoms with E-state index in [1.54, 1.807) is 0 Å². The van der Waals surface area contributed by atoms with Crippen LogP contribution in [0.1, 0.15) is 46.0 Å². The Bertz CT molecular complexity index is 206. The lowest BCUT2D eigenvalue weighted by atomic mass is 9.97. The van der Waals surface area contributed by atoms with Gasteiger partial charge in [0.05, 0.1) is 0 Å². The Morgan fingerprint density at radius 1 is 1.53 bits per heavy atom. The predicted octanol–water partition coefficient (Wildman–Crippen LogP) is 1.67. The number of carbonyl (C=O) groups is 1. The van der Waals surface area contributed by atoms with Crippen molar-refractivity contribution in [3.63, 3.8) is 0 Å². The van der Waals surface area contributed by atoms with Crippen LogP contribution in [0.25, 0.3) is 0 Å². The van der Waals surface area contributed by atoms with Gasteiger partial charge in [-0.3, -0.25) is 4.79 Å². The Kier molecular flexibility index (Phi) is 5.09. The molecule has 3 nitrogen and oxygen atoms in total. The first-order valence-electron chi connectivity index (χ1n) is 6.18. The molecule has 0 aromatic heterocycles. The van der Waals surface area contributed by atoms with Crippen LogP contribution in [-0.2, 0) is 4.79 Å². The molecule has 88 valence electrons. The van der Waals surface area contributed by atoms with Crippen LogP contribution in [-0.4, -0.2) is 18.5 Å². The molecule has 1 aliphatic carbocycles. The molecular weight excluding hydrogens is 188 g/mol. The van der Waals surface area contributed by atoms with Crippen LogP contribution in [0.4, 0.5) is 0 Å². The van der Waals surface area contributed by atoms with Crippen molar-refractivity contribution in [1.82, 2.24) is 5.32 Å². The van der Waals surface area contributed by atoms with E-state index >= 15 is 0 Å². The van der Waals surface area contributed by atoms with Gasteiger partial charge in [0.1, 0.15) is 0 Å². The highest BCUT2D eigenvalue weighted by atomic mass is 16.1. The van der Waals surface area contributed by atoms with Gasteiger partial charge in [0.2, 0.25) is 5.91 Å². The van der Waals surface area contributed by atoms with Crippen LogP contribution in [0.15, 0.2) is 0 Å². The molecule has 3 heteroatoms. The van der Waals surface area contributed by atoms with Crippen molar-refractivity contribution in [2.75, 3.05) is 6.54 Å². The lowest BCUT2D eigenvalue weighted by molar-refractivity contribution is -0.125. The zero-order valence-corrected chi connectivity index (χ0v) is 9.96. The van der Waals surface area contributed by atoms with E-state index in [0.29, 0.717) is 5.92 Å². The van der Waals surface area contributed by atoms with E-state index in [4.69, 9.17) is 5.73 Å². The fourth-order valence-electron chi connectivity index (χ4n) is 2.25. The molecule has 1 fully saturated rings. The minimum Gasteiger partial charge on any atom is -0.356 e. The lowest BCUT2D eigenvalue weighted by Crippen LogP contribution is -2.35. The number of amides is 1. The zero-order chi connectivity index (χ0) is 11.3. The first-order valence-corrected chi connectivity index (χ1v) is 6.18. The van der Waals surface area contributed by atoms with Crippen LogP contribution in [0.2, 0.25) is 0 Å². The molecule has 0 aliphatic heterocycles. The summed E-state index contributed by atoms with van der Waals surface area (Å²) in [5.74, 6) is 1.05. The van der Waals surface area contributed by atoms with Crippen molar-refractivity contribution < 1.29 is 4.79 Å². The largest absolute Gasteiger partial charge is 0.356 e. The van der Waals surface area contributed by atoms with Gasteiger partial charge >= 0.3 is 0 Å². The monoisotopic (exact) mass is 212 g/mol. The normalized spacial score (nSPS) is 27.7. The number of hydrogen-bond acceptors (Lipinski definition) is 2. The van der Waals surface area contributed by atoms with Crippen LogP contribution < -0.4 is 11.1 Å². The topological polar surface area (TPSA) is 55.1 Å². The maximum atomic E-state index is 11.8. The number of nitrogens with one attached hydrogen (secondary N) is 1. The molecule has 0 saturated heterocycles. The maximum Gasteiger partial charge on any atom is 0.223 e. The second-order valence-electron chi connectivity index (χ2n) is 4.76. The Morgan fingerprint density at radius 2 is 2.27 bits per heavy atom. The molecule has 0 bridgehead atoms. The van der Waals surface area contributed by atoms with Crippen molar-refractivity contribution in [2.45, 2.75) is 52.0 Å². The Labute approximate surface area is 92.8 Å². The predicted molar refractivity (Wildman–Crippen MR) is 62.4 cm³/mol. The molecule has 3 atom stereocenters.